The predicted molar refractivity (Wildman–Crippen MR) is 80.4 cm³/mol. The van der Waals surface area contributed by atoms with Crippen LogP contribution in [0, 0.1) is 17.8 Å². The Balaban J connectivity index is 1.96. The van der Waals surface area contributed by atoms with Crippen molar-refractivity contribution in [2.75, 3.05) is 17.3 Å². The van der Waals surface area contributed by atoms with Crippen LogP contribution in [0.25, 0.3) is 0 Å². The summed E-state index contributed by atoms with van der Waals surface area (Å²) >= 11 is 4.22. The molecular formula is C13H26N2S2. The normalized spacial score (nSPS) is 41.1. The molecule has 1 aliphatic carbocycles. The molecule has 0 aromatic rings. The van der Waals surface area contributed by atoms with E-state index < -0.39 is 0 Å². The van der Waals surface area contributed by atoms with Gasteiger partial charge in [-0.3, -0.25) is 11.3 Å². The topological polar surface area (TPSA) is 38.0 Å². The van der Waals surface area contributed by atoms with Crippen molar-refractivity contribution in [3.8, 4) is 0 Å². The van der Waals surface area contributed by atoms with Crippen LogP contribution in [0.2, 0.25) is 0 Å². The van der Waals surface area contributed by atoms with Crippen LogP contribution in [0.3, 0.4) is 0 Å². The van der Waals surface area contributed by atoms with Crippen LogP contribution in [-0.4, -0.2) is 28.6 Å². The average Bonchev–Trinajstić information content (AvgIpc) is 2.30. The Morgan fingerprint density at radius 1 is 1.12 bits per heavy atom. The minimum atomic E-state index is 0.526. The van der Waals surface area contributed by atoms with E-state index >= 15 is 0 Å². The van der Waals surface area contributed by atoms with Gasteiger partial charge in [0.15, 0.2) is 0 Å². The summed E-state index contributed by atoms with van der Waals surface area (Å²) in [6.07, 6.45) is 4.13. The molecule has 1 aliphatic heterocycles. The molecule has 2 fully saturated rings. The largest absolute Gasteiger partial charge is 0.271 e. The van der Waals surface area contributed by atoms with Gasteiger partial charge >= 0.3 is 0 Å². The van der Waals surface area contributed by atoms with Crippen molar-refractivity contribution >= 4 is 23.5 Å². The number of nitrogens with two attached hydrogens (primary N) is 1. The number of thioether (sulfide) groups is 2. The van der Waals surface area contributed by atoms with Crippen LogP contribution in [-0.2, 0) is 0 Å². The Morgan fingerprint density at radius 2 is 1.82 bits per heavy atom. The third-order valence-corrected chi connectivity index (χ3v) is 7.04. The highest BCUT2D eigenvalue weighted by molar-refractivity contribution is 8.06. The lowest BCUT2D eigenvalue weighted by Crippen LogP contribution is -2.51. The number of nitrogens with one attached hydrogen (secondary N) is 1. The molecular weight excluding hydrogens is 248 g/mol. The zero-order chi connectivity index (χ0) is 12.3. The second-order valence-corrected chi connectivity index (χ2v) is 8.35. The molecule has 2 rings (SSSR count). The first kappa shape index (κ1) is 14.0. The zero-order valence-corrected chi connectivity index (χ0v) is 12.7. The number of hydrogen-bond donors (Lipinski definition) is 2. The quantitative estimate of drug-likeness (QED) is 0.613. The van der Waals surface area contributed by atoms with Crippen LogP contribution in [0.4, 0.5) is 0 Å². The van der Waals surface area contributed by atoms with Gasteiger partial charge in [0.1, 0.15) is 0 Å². The Labute approximate surface area is 114 Å². The van der Waals surface area contributed by atoms with Gasteiger partial charge in [0.25, 0.3) is 0 Å². The minimum Gasteiger partial charge on any atom is -0.271 e. The van der Waals surface area contributed by atoms with E-state index in [1.54, 1.807) is 0 Å². The van der Waals surface area contributed by atoms with Crippen molar-refractivity contribution < 1.29 is 0 Å². The Hall–Kier alpha value is 0.620. The van der Waals surface area contributed by atoms with Crippen molar-refractivity contribution in [2.45, 2.75) is 44.4 Å². The Morgan fingerprint density at radius 3 is 2.35 bits per heavy atom. The maximum Gasteiger partial charge on any atom is 0.0365 e. The first-order valence-electron chi connectivity index (χ1n) is 6.86. The van der Waals surface area contributed by atoms with Crippen molar-refractivity contribution in [2.24, 2.45) is 23.6 Å². The monoisotopic (exact) mass is 274 g/mol. The van der Waals surface area contributed by atoms with Crippen LogP contribution >= 0.6 is 23.5 Å². The van der Waals surface area contributed by atoms with E-state index in [-0.39, 0.29) is 0 Å². The van der Waals surface area contributed by atoms with E-state index in [0.29, 0.717) is 6.04 Å². The maximum atomic E-state index is 5.85. The van der Waals surface area contributed by atoms with Crippen LogP contribution in [0.5, 0.6) is 0 Å². The molecule has 100 valence electrons. The van der Waals surface area contributed by atoms with E-state index in [1.165, 1.54) is 36.5 Å². The Bertz CT molecular complexity index is 221. The molecule has 0 aromatic heterocycles. The van der Waals surface area contributed by atoms with Crippen LogP contribution in [0.15, 0.2) is 0 Å². The van der Waals surface area contributed by atoms with Gasteiger partial charge in [-0.25, -0.2) is 0 Å². The van der Waals surface area contributed by atoms with Crippen molar-refractivity contribution in [3.63, 3.8) is 0 Å². The molecule has 4 heteroatoms. The molecule has 1 heterocycles. The minimum absolute atomic E-state index is 0.526. The lowest BCUT2D eigenvalue weighted by Gasteiger charge is -2.40. The molecule has 0 radical (unpaired) electrons. The van der Waals surface area contributed by atoms with Crippen LogP contribution < -0.4 is 11.3 Å². The first-order chi connectivity index (χ1) is 8.20. The van der Waals surface area contributed by atoms with Gasteiger partial charge in [0.2, 0.25) is 0 Å². The van der Waals surface area contributed by atoms with Gasteiger partial charge in [0, 0.05) is 28.6 Å². The van der Waals surface area contributed by atoms with Gasteiger partial charge in [-0.1, -0.05) is 13.8 Å². The highest BCUT2D eigenvalue weighted by Crippen LogP contribution is 2.38. The Kier molecular flexibility index (Phi) is 5.52. The summed E-state index contributed by atoms with van der Waals surface area (Å²) < 4.78 is 0. The molecule has 1 saturated heterocycles. The van der Waals surface area contributed by atoms with Crippen molar-refractivity contribution in [3.05, 3.63) is 0 Å². The summed E-state index contributed by atoms with van der Waals surface area (Å²) in [5.74, 6) is 12.3. The van der Waals surface area contributed by atoms with Gasteiger partial charge < -0.3 is 0 Å². The summed E-state index contributed by atoms with van der Waals surface area (Å²) in [5.41, 5.74) is 3.15. The lowest BCUT2D eigenvalue weighted by molar-refractivity contribution is 0.176. The second-order valence-electron chi connectivity index (χ2n) is 5.85. The predicted octanol–water partition coefficient (Wildman–Crippen LogP) is 2.74. The highest BCUT2D eigenvalue weighted by Gasteiger charge is 2.34. The summed E-state index contributed by atoms with van der Waals surface area (Å²) in [6, 6.07) is 0.526. The molecule has 4 unspecified atom stereocenters. The van der Waals surface area contributed by atoms with Gasteiger partial charge in [-0.05, 0) is 37.0 Å². The number of rotatable bonds is 3. The van der Waals surface area contributed by atoms with E-state index in [1.807, 2.05) is 0 Å². The lowest BCUT2D eigenvalue weighted by atomic mass is 9.73. The summed E-state index contributed by atoms with van der Waals surface area (Å²) in [7, 11) is 0. The standard InChI is InChI=1S/C13H26N2S2/c1-9-5-10(2)7-11(6-9)13(15-14)12-8-16-3-4-17-12/h9-13,15H,3-8,14H2,1-2H3. The van der Waals surface area contributed by atoms with Crippen LogP contribution in [0.1, 0.15) is 33.1 Å². The summed E-state index contributed by atoms with van der Waals surface area (Å²) in [5, 5.41) is 0.723. The smallest absolute Gasteiger partial charge is 0.0365 e. The highest BCUT2D eigenvalue weighted by atomic mass is 32.2. The summed E-state index contributed by atoms with van der Waals surface area (Å²) in [4.78, 5) is 0. The molecule has 0 aromatic carbocycles. The fraction of sp³-hybridized carbons (Fsp3) is 1.00. The fourth-order valence-corrected chi connectivity index (χ4v) is 6.51. The van der Waals surface area contributed by atoms with E-state index in [0.717, 1.165) is 23.0 Å². The molecule has 17 heavy (non-hydrogen) atoms. The van der Waals surface area contributed by atoms with E-state index in [4.69, 9.17) is 5.84 Å². The number of hydrogen-bond acceptors (Lipinski definition) is 4. The average molecular weight is 274 g/mol. The maximum absolute atomic E-state index is 5.85. The zero-order valence-electron chi connectivity index (χ0n) is 11.0. The third kappa shape index (κ3) is 3.79. The molecule has 2 aliphatic rings. The van der Waals surface area contributed by atoms with Crippen molar-refractivity contribution in [1.29, 1.82) is 0 Å². The number of hydrazine groups is 1. The second kappa shape index (κ2) is 6.69. The molecule has 0 spiro atoms. The molecule has 0 bridgehead atoms. The molecule has 1 saturated carbocycles. The van der Waals surface area contributed by atoms with E-state index in [9.17, 15) is 0 Å². The molecule has 3 N–H and O–H groups in total. The fourth-order valence-electron chi connectivity index (χ4n) is 3.56. The van der Waals surface area contributed by atoms with Gasteiger partial charge in [0.05, 0.1) is 0 Å². The first-order valence-corrected chi connectivity index (χ1v) is 9.06. The molecule has 2 nitrogen and oxygen atoms in total. The van der Waals surface area contributed by atoms with E-state index in [2.05, 4.69) is 42.8 Å². The van der Waals surface area contributed by atoms with Gasteiger partial charge in [-0.2, -0.15) is 23.5 Å². The summed E-state index contributed by atoms with van der Waals surface area (Å²) in [6.45, 7) is 4.80. The van der Waals surface area contributed by atoms with Gasteiger partial charge in [-0.15, -0.1) is 0 Å². The molecule has 0 amide bonds. The SMILES string of the molecule is CC1CC(C)CC(C(NN)C2CSCCS2)C1. The third-order valence-electron chi connectivity index (χ3n) is 4.16. The molecule has 4 atom stereocenters. The van der Waals surface area contributed by atoms with Crippen molar-refractivity contribution in [1.82, 2.24) is 5.43 Å².